The van der Waals surface area contributed by atoms with Crippen LogP contribution in [0.3, 0.4) is 0 Å². The minimum Gasteiger partial charge on any atom is -0.305 e. The number of fused-ring (bicyclic) bond motifs is 3. The minimum atomic E-state index is -0.306. The number of rotatable bonds is 11. The smallest absolute Gasteiger partial charge is 0.0474 e. The third-order valence-electron chi connectivity index (χ3n) is 10.0. The first-order valence-electron chi connectivity index (χ1n) is 19.2. The van der Waals surface area contributed by atoms with E-state index in [1.54, 1.807) is 6.20 Å². The first kappa shape index (κ1) is 41.4. The van der Waals surface area contributed by atoms with Crippen LogP contribution in [0, 0.1) is 26.0 Å². The van der Waals surface area contributed by atoms with Gasteiger partial charge in [-0.15, -0.1) is 65.7 Å². The third-order valence-corrected chi connectivity index (χ3v) is 10.0. The molecular formula is C53H46IrN2-2. The van der Waals surface area contributed by atoms with Crippen LogP contribution >= 0.6 is 0 Å². The minimum absolute atomic E-state index is 0. The number of hydrogen-bond donors (Lipinski definition) is 0. The number of nitrogens with zero attached hydrogens (tertiary/aromatic N) is 2. The molecule has 2 heterocycles. The van der Waals surface area contributed by atoms with Gasteiger partial charge in [-0.1, -0.05) is 134 Å². The Morgan fingerprint density at radius 1 is 0.661 bits per heavy atom. The van der Waals surface area contributed by atoms with Crippen molar-refractivity contribution in [3.05, 3.63) is 203 Å². The standard InChI is InChI=1S/C42H38N.C11H8N.Ir/c1-5-7-9-11-13-15-27-42(28-16-14-12-10-8-6-2)39-29-32(3)17-24-37(39)38-25-23-36(30-40(38)42)34-19-21-35(22-20-34)41-26-18-33(4)31-43-41;1-2-6-10(7-3-1)11-8-4-5-9-12-11;/h17-21,23-27,29-31H,1,6,8,10,12,14,16,28H2,2-4H3;1-6,8-9H;/q2*-1;. The number of unbranched alkanes of at least 4 members (excludes halogenated alkanes) is 5. The van der Waals surface area contributed by atoms with Crippen LogP contribution < -0.4 is 0 Å². The van der Waals surface area contributed by atoms with E-state index in [0.717, 1.165) is 46.5 Å². The molecule has 0 fully saturated rings. The molecule has 2 nitrogen and oxygen atoms in total. The van der Waals surface area contributed by atoms with Gasteiger partial charge in [-0.2, -0.15) is 0 Å². The van der Waals surface area contributed by atoms with Gasteiger partial charge in [0.2, 0.25) is 0 Å². The van der Waals surface area contributed by atoms with Crippen molar-refractivity contribution < 1.29 is 20.1 Å². The molecular weight excluding hydrogens is 857 g/mol. The van der Waals surface area contributed by atoms with Gasteiger partial charge in [0.05, 0.1) is 0 Å². The Bertz CT molecular complexity index is 2410. The molecule has 1 unspecified atom stereocenters. The van der Waals surface area contributed by atoms with E-state index in [4.69, 9.17) is 0 Å². The van der Waals surface area contributed by atoms with E-state index >= 15 is 0 Å². The van der Waals surface area contributed by atoms with Gasteiger partial charge >= 0.3 is 0 Å². The van der Waals surface area contributed by atoms with Crippen molar-refractivity contribution in [1.82, 2.24) is 9.97 Å². The SMILES string of the molecule is C=C=C=C=C=C=C=CC1(CCCCCCCC)c2cc(C)ccc2-c2ccc(-c3c[c-]c(-c4ccc(C)cn4)cc3)cc21.[Ir].[c-]1ccccc1-c1ccccn1. The maximum atomic E-state index is 4.58. The van der Waals surface area contributed by atoms with Gasteiger partial charge in [-0.25, -0.2) is 0 Å². The second kappa shape index (κ2) is 20.8. The molecule has 279 valence electrons. The predicted octanol–water partition coefficient (Wildman–Crippen LogP) is 13.5. The fraction of sp³-hybridized carbons (Fsp3) is 0.208. The normalized spacial score (nSPS) is 13.0. The van der Waals surface area contributed by atoms with Gasteiger partial charge in [0.25, 0.3) is 0 Å². The first-order valence-corrected chi connectivity index (χ1v) is 19.2. The molecule has 0 spiro atoms. The number of aryl methyl sites for hydroxylation is 2. The monoisotopic (exact) mass is 903 g/mol. The maximum Gasteiger partial charge on any atom is 0.0474 e. The topological polar surface area (TPSA) is 25.8 Å². The molecule has 56 heavy (non-hydrogen) atoms. The van der Waals surface area contributed by atoms with Crippen molar-refractivity contribution in [1.29, 1.82) is 0 Å². The van der Waals surface area contributed by atoms with Gasteiger partial charge < -0.3 is 9.97 Å². The van der Waals surface area contributed by atoms with Gasteiger partial charge in [-0.3, -0.25) is 0 Å². The molecule has 7 rings (SSSR count). The van der Waals surface area contributed by atoms with Gasteiger partial charge in [0.1, 0.15) is 0 Å². The van der Waals surface area contributed by atoms with Crippen molar-refractivity contribution in [2.45, 2.75) is 71.1 Å². The Balaban J connectivity index is 0.000000391. The predicted molar refractivity (Wildman–Crippen MR) is 227 cm³/mol. The van der Waals surface area contributed by atoms with Gasteiger partial charge in [0, 0.05) is 37.9 Å². The van der Waals surface area contributed by atoms with Crippen LogP contribution in [0.2, 0.25) is 0 Å². The molecule has 1 aliphatic carbocycles. The molecule has 0 saturated carbocycles. The second-order valence-electron chi connectivity index (χ2n) is 14.0. The second-order valence-corrected chi connectivity index (χ2v) is 14.0. The van der Waals surface area contributed by atoms with Gasteiger partial charge in [-0.05, 0) is 101 Å². The van der Waals surface area contributed by atoms with Crippen LogP contribution in [0.1, 0.15) is 74.1 Å². The van der Waals surface area contributed by atoms with Crippen molar-refractivity contribution in [2.75, 3.05) is 0 Å². The molecule has 6 aromatic rings. The molecule has 0 N–H and O–H groups in total. The summed E-state index contributed by atoms with van der Waals surface area (Å²) in [5.74, 6) is 0. The van der Waals surface area contributed by atoms with Crippen molar-refractivity contribution in [3.8, 4) is 44.8 Å². The van der Waals surface area contributed by atoms with E-state index in [9.17, 15) is 0 Å². The zero-order valence-corrected chi connectivity index (χ0v) is 34.9. The van der Waals surface area contributed by atoms with Crippen molar-refractivity contribution in [3.63, 3.8) is 0 Å². The third kappa shape index (κ3) is 10.3. The zero-order chi connectivity index (χ0) is 38.3. The number of allylic oxidation sites excluding steroid dienone is 1. The van der Waals surface area contributed by atoms with Crippen molar-refractivity contribution >= 4 is 0 Å². The Morgan fingerprint density at radius 3 is 2.09 bits per heavy atom. The molecule has 2 aromatic heterocycles. The summed E-state index contributed by atoms with van der Waals surface area (Å²) < 4.78 is 0. The van der Waals surface area contributed by atoms with E-state index in [2.05, 4.69) is 157 Å². The molecule has 0 saturated heterocycles. The van der Waals surface area contributed by atoms with E-state index in [-0.39, 0.29) is 25.5 Å². The fourth-order valence-electron chi connectivity index (χ4n) is 7.18. The van der Waals surface area contributed by atoms with Crippen LogP contribution in [-0.4, -0.2) is 9.97 Å². The molecule has 1 aliphatic rings. The van der Waals surface area contributed by atoms with Gasteiger partial charge in [0.15, 0.2) is 0 Å². The molecule has 1 radical (unpaired) electrons. The van der Waals surface area contributed by atoms with E-state index in [1.807, 2.05) is 48.7 Å². The van der Waals surface area contributed by atoms with Crippen molar-refractivity contribution in [2.24, 2.45) is 0 Å². The number of benzene rings is 4. The molecule has 4 aromatic carbocycles. The Morgan fingerprint density at radius 2 is 1.38 bits per heavy atom. The molecule has 0 amide bonds. The van der Waals surface area contributed by atoms with E-state index in [0.29, 0.717) is 0 Å². The Hall–Kier alpha value is -5.75. The Kier molecular flexibility index (Phi) is 15.4. The van der Waals surface area contributed by atoms with E-state index in [1.165, 1.54) is 65.5 Å². The number of aromatic nitrogens is 2. The largest absolute Gasteiger partial charge is 0.305 e. The fourth-order valence-corrected chi connectivity index (χ4v) is 7.18. The van der Waals surface area contributed by atoms with Crippen LogP contribution in [0.25, 0.3) is 44.8 Å². The average molecular weight is 903 g/mol. The molecule has 0 aliphatic heterocycles. The Labute approximate surface area is 347 Å². The summed E-state index contributed by atoms with van der Waals surface area (Å²) in [6.07, 6.45) is 14.4. The zero-order valence-electron chi connectivity index (χ0n) is 32.5. The van der Waals surface area contributed by atoms with Crippen LogP contribution in [-0.2, 0) is 25.5 Å². The summed E-state index contributed by atoms with van der Waals surface area (Å²) in [5.41, 5.74) is 30.9. The maximum absolute atomic E-state index is 4.58. The molecule has 3 heteroatoms. The summed E-state index contributed by atoms with van der Waals surface area (Å²) in [7, 11) is 0. The average Bonchev–Trinajstić information content (AvgIpc) is 3.49. The summed E-state index contributed by atoms with van der Waals surface area (Å²) in [5, 5.41) is 0. The quantitative estimate of drug-likeness (QED) is 0.0735. The number of pyridine rings is 2. The number of hydrogen-bond acceptors (Lipinski definition) is 2. The van der Waals surface area contributed by atoms with Crippen LogP contribution in [0.4, 0.5) is 0 Å². The molecule has 0 bridgehead atoms. The summed E-state index contributed by atoms with van der Waals surface area (Å²) >= 11 is 0. The molecule has 1 atom stereocenters. The van der Waals surface area contributed by atoms with Crippen LogP contribution in [0.5, 0.6) is 0 Å². The summed E-state index contributed by atoms with van der Waals surface area (Å²) in [4.78, 5) is 8.80. The van der Waals surface area contributed by atoms with Crippen LogP contribution in [0.15, 0.2) is 169 Å². The van der Waals surface area contributed by atoms with E-state index < -0.39 is 0 Å². The summed E-state index contributed by atoms with van der Waals surface area (Å²) in [6.45, 7) is 10.0. The first-order chi connectivity index (χ1) is 27.0. The summed E-state index contributed by atoms with van der Waals surface area (Å²) in [6, 6.07) is 44.6.